The van der Waals surface area contributed by atoms with Gasteiger partial charge in [0.05, 0.1) is 0 Å². The van der Waals surface area contributed by atoms with Gasteiger partial charge in [-0.15, -0.1) is 0 Å². The molecular formula is C4H6F4O3S. The molecule has 0 saturated heterocycles. The lowest BCUT2D eigenvalue weighted by Gasteiger charge is -2.28. The average Bonchev–Trinajstić information content (AvgIpc) is 1.53. The highest BCUT2D eigenvalue weighted by atomic mass is 32.3. The van der Waals surface area contributed by atoms with Crippen molar-refractivity contribution in [1.82, 2.24) is 0 Å². The first kappa shape index (κ1) is 11.5. The Morgan fingerprint density at radius 1 is 1.42 bits per heavy atom. The lowest BCUT2D eigenvalue weighted by molar-refractivity contribution is -0.108. The molecule has 0 radical (unpaired) electrons. The first-order valence-electron chi connectivity index (χ1n) is 2.49. The minimum atomic E-state index is -6.37. The second-order valence-corrected chi connectivity index (χ2v) is 4.90. The Morgan fingerprint density at radius 3 is 1.83 bits per heavy atom. The van der Waals surface area contributed by atoms with Gasteiger partial charge in [-0.1, -0.05) is 6.58 Å². The standard InChI is InChI=1S/C4H6F4O3S/c1-3(5)12(9,10,11)2-4(6,7)8/h1-2H2,(H2,9,10,11). The summed E-state index contributed by atoms with van der Waals surface area (Å²) in [7, 11) is -6.37. The summed E-state index contributed by atoms with van der Waals surface area (Å²) in [5.41, 5.74) is 0. The predicted octanol–water partition coefficient (Wildman–Crippen LogP) is 1.76. The van der Waals surface area contributed by atoms with Gasteiger partial charge in [-0.2, -0.15) is 17.6 Å². The van der Waals surface area contributed by atoms with Crippen LogP contribution in [0.25, 0.3) is 0 Å². The normalized spacial score (nSPS) is 16.7. The number of hydrogen-bond donors (Lipinski definition) is 2. The molecule has 0 rings (SSSR count). The van der Waals surface area contributed by atoms with Crippen LogP contribution in [0.15, 0.2) is 11.7 Å². The smallest absolute Gasteiger partial charge is 0.302 e. The van der Waals surface area contributed by atoms with Crippen molar-refractivity contribution in [2.24, 2.45) is 0 Å². The van der Waals surface area contributed by atoms with Crippen molar-refractivity contribution >= 4 is 9.63 Å². The average molecular weight is 210 g/mol. The van der Waals surface area contributed by atoms with Gasteiger partial charge in [0, 0.05) is 0 Å². The molecule has 0 atom stereocenters. The Hall–Kier alpha value is -0.470. The van der Waals surface area contributed by atoms with Crippen LogP contribution in [0.5, 0.6) is 0 Å². The van der Waals surface area contributed by atoms with E-state index in [0.717, 1.165) is 0 Å². The number of halogens is 4. The van der Waals surface area contributed by atoms with Crippen molar-refractivity contribution < 1.29 is 30.9 Å². The zero-order valence-corrected chi connectivity index (χ0v) is 6.45. The Morgan fingerprint density at radius 2 is 1.75 bits per heavy atom. The van der Waals surface area contributed by atoms with Gasteiger partial charge >= 0.3 is 6.18 Å². The van der Waals surface area contributed by atoms with Crippen LogP contribution in [-0.4, -0.2) is 25.2 Å². The van der Waals surface area contributed by atoms with Gasteiger partial charge in [-0.25, -0.2) is 4.21 Å². The monoisotopic (exact) mass is 210 g/mol. The third-order valence-corrected chi connectivity index (χ3v) is 2.61. The molecule has 8 heteroatoms. The topological polar surface area (TPSA) is 57.5 Å². The molecule has 3 nitrogen and oxygen atoms in total. The molecule has 0 aliphatic heterocycles. The molecule has 0 fully saturated rings. The lowest BCUT2D eigenvalue weighted by Crippen LogP contribution is -2.42. The zero-order chi connectivity index (χ0) is 10.2. The van der Waals surface area contributed by atoms with Gasteiger partial charge in [0.15, 0.2) is 0 Å². The molecule has 0 aliphatic carbocycles. The fourth-order valence-corrected chi connectivity index (χ4v) is 1.12. The fraction of sp³-hybridized carbons (Fsp3) is 0.500. The van der Waals surface area contributed by atoms with E-state index in [1.165, 1.54) is 0 Å². The van der Waals surface area contributed by atoms with Crippen molar-refractivity contribution in [1.29, 1.82) is 0 Å². The summed E-state index contributed by atoms with van der Waals surface area (Å²) in [6, 6.07) is 0. The molecule has 0 heterocycles. The third kappa shape index (κ3) is 3.28. The van der Waals surface area contributed by atoms with E-state index < -0.39 is 26.7 Å². The van der Waals surface area contributed by atoms with E-state index in [0.29, 0.717) is 0 Å². The molecule has 12 heavy (non-hydrogen) atoms. The highest BCUT2D eigenvalue weighted by Gasteiger charge is 2.47. The van der Waals surface area contributed by atoms with Crippen molar-refractivity contribution in [3.8, 4) is 0 Å². The van der Waals surface area contributed by atoms with Crippen molar-refractivity contribution in [2.75, 3.05) is 5.75 Å². The largest absolute Gasteiger partial charge is 0.403 e. The Kier molecular flexibility index (Phi) is 2.41. The maximum Gasteiger partial charge on any atom is 0.403 e. The summed E-state index contributed by atoms with van der Waals surface area (Å²) in [6.07, 6.45) is -5.14. The summed E-state index contributed by atoms with van der Waals surface area (Å²) in [4.78, 5) is 0. The molecule has 0 bridgehead atoms. The summed E-state index contributed by atoms with van der Waals surface area (Å²) < 4.78 is 73.3. The van der Waals surface area contributed by atoms with E-state index in [2.05, 4.69) is 6.58 Å². The Labute approximate surface area is 65.1 Å². The Bertz CT molecular complexity index is 262. The summed E-state index contributed by atoms with van der Waals surface area (Å²) in [6.45, 7) is 2.15. The molecule has 0 spiro atoms. The SMILES string of the molecule is C=C(F)S(=O)(O)(O)CC(F)(F)F. The van der Waals surface area contributed by atoms with Crippen LogP contribution in [0.3, 0.4) is 0 Å². The van der Waals surface area contributed by atoms with E-state index in [-0.39, 0.29) is 0 Å². The molecule has 74 valence electrons. The zero-order valence-electron chi connectivity index (χ0n) is 5.64. The van der Waals surface area contributed by atoms with Crippen molar-refractivity contribution in [3.63, 3.8) is 0 Å². The lowest BCUT2D eigenvalue weighted by atomic mass is 10.8. The molecule has 0 aliphatic rings. The molecule has 0 amide bonds. The van der Waals surface area contributed by atoms with Gasteiger partial charge in [-0.05, 0) is 0 Å². The maximum absolute atomic E-state index is 11.9. The van der Waals surface area contributed by atoms with Crippen LogP contribution in [0, 0.1) is 0 Å². The van der Waals surface area contributed by atoms with E-state index in [9.17, 15) is 21.8 Å². The van der Waals surface area contributed by atoms with Gasteiger partial charge < -0.3 is 9.11 Å². The molecule has 0 aromatic rings. The molecule has 0 unspecified atom stereocenters. The van der Waals surface area contributed by atoms with Crippen LogP contribution in [-0.2, 0) is 9.63 Å². The van der Waals surface area contributed by atoms with E-state index >= 15 is 0 Å². The minimum Gasteiger partial charge on any atom is -0.302 e. The van der Waals surface area contributed by atoms with Crippen LogP contribution in [0.1, 0.15) is 0 Å². The molecule has 0 saturated carbocycles. The van der Waals surface area contributed by atoms with Crippen LogP contribution >= 0.6 is 0 Å². The number of alkyl halides is 3. The summed E-state index contributed by atoms with van der Waals surface area (Å²) in [5, 5.41) is -2.29. The first-order chi connectivity index (χ1) is 4.92. The van der Waals surface area contributed by atoms with Gasteiger partial charge in [0.1, 0.15) is 15.4 Å². The highest BCUT2D eigenvalue weighted by Crippen LogP contribution is 2.33. The quantitative estimate of drug-likeness (QED) is 0.682. The molecular weight excluding hydrogens is 204 g/mol. The van der Waals surface area contributed by atoms with E-state index in [1.807, 2.05) is 0 Å². The van der Waals surface area contributed by atoms with Crippen LogP contribution in [0.4, 0.5) is 17.6 Å². The predicted molar refractivity (Wildman–Crippen MR) is 34.6 cm³/mol. The van der Waals surface area contributed by atoms with Gasteiger partial charge in [0.2, 0.25) is 5.16 Å². The van der Waals surface area contributed by atoms with E-state index in [1.54, 1.807) is 0 Å². The molecule has 2 N–H and O–H groups in total. The molecule has 0 aromatic heterocycles. The third-order valence-electron chi connectivity index (χ3n) is 0.869. The minimum absolute atomic E-state index is 2.15. The number of hydrogen-bond acceptors (Lipinski definition) is 1. The maximum atomic E-state index is 11.9. The molecule has 0 aromatic carbocycles. The second kappa shape index (κ2) is 2.51. The van der Waals surface area contributed by atoms with Crippen molar-refractivity contribution in [3.05, 3.63) is 11.7 Å². The van der Waals surface area contributed by atoms with Gasteiger partial charge in [0.25, 0.3) is 0 Å². The Balaban J connectivity index is 4.88. The first-order valence-corrected chi connectivity index (χ1v) is 4.54. The van der Waals surface area contributed by atoms with E-state index in [4.69, 9.17) is 9.11 Å². The van der Waals surface area contributed by atoms with Crippen molar-refractivity contribution in [2.45, 2.75) is 6.18 Å². The summed E-state index contributed by atoms with van der Waals surface area (Å²) >= 11 is 0. The summed E-state index contributed by atoms with van der Waals surface area (Å²) in [5.74, 6) is -2.54. The van der Waals surface area contributed by atoms with Crippen LogP contribution in [0.2, 0.25) is 0 Å². The number of rotatable bonds is 2. The van der Waals surface area contributed by atoms with Gasteiger partial charge in [-0.3, -0.25) is 0 Å². The second-order valence-electron chi connectivity index (χ2n) is 2.13. The van der Waals surface area contributed by atoms with Crippen LogP contribution < -0.4 is 0 Å². The fourth-order valence-electron chi connectivity index (χ4n) is 0.373. The highest BCUT2D eigenvalue weighted by molar-refractivity contribution is 8.13.